The largest absolute Gasteiger partial charge is 0.497 e. The Morgan fingerprint density at radius 1 is 1.24 bits per heavy atom. The van der Waals surface area contributed by atoms with Crippen molar-refractivity contribution in [2.45, 2.75) is 50.5 Å². The highest BCUT2D eigenvalue weighted by Crippen LogP contribution is 2.38. The molecule has 0 aliphatic heterocycles. The van der Waals surface area contributed by atoms with Gasteiger partial charge < -0.3 is 10.1 Å². The van der Waals surface area contributed by atoms with Crippen LogP contribution in [0.25, 0.3) is 0 Å². The van der Waals surface area contributed by atoms with Gasteiger partial charge in [0.2, 0.25) is 5.92 Å². The second kappa shape index (κ2) is 7.21. The van der Waals surface area contributed by atoms with Crippen molar-refractivity contribution in [3.8, 4) is 5.75 Å². The summed E-state index contributed by atoms with van der Waals surface area (Å²) in [6, 6.07) is 8.39. The topological polar surface area (TPSA) is 21.3 Å². The molecule has 0 bridgehead atoms. The maximum absolute atomic E-state index is 13.2. The van der Waals surface area contributed by atoms with E-state index in [0.717, 1.165) is 18.6 Å². The van der Waals surface area contributed by atoms with Crippen LogP contribution in [0.5, 0.6) is 5.75 Å². The molecule has 1 aliphatic carbocycles. The summed E-state index contributed by atoms with van der Waals surface area (Å²) in [7, 11) is 3.59. The summed E-state index contributed by atoms with van der Waals surface area (Å²) in [6.07, 6.45) is 3.28. The lowest BCUT2D eigenvalue weighted by atomic mass is 9.80. The summed E-state index contributed by atoms with van der Waals surface area (Å²) in [4.78, 5) is 0. The molecular weight excluding hydrogens is 272 g/mol. The van der Waals surface area contributed by atoms with Gasteiger partial charge in [0.25, 0.3) is 0 Å². The number of nitrogens with one attached hydrogen (secondary N) is 1. The summed E-state index contributed by atoms with van der Waals surface area (Å²) in [5.74, 6) is -1.21. The fraction of sp³-hybridized carbons (Fsp3) is 0.647. The summed E-state index contributed by atoms with van der Waals surface area (Å²) in [6.45, 7) is 0. The van der Waals surface area contributed by atoms with Gasteiger partial charge in [-0.3, -0.25) is 0 Å². The number of methoxy groups -OCH3 is 1. The van der Waals surface area contributed by atoms with Crippen LogP contribution in [0.3, 0.4) is 0 Å². The Kier molecular flexibility index (Phi) is 5.57. The molecule has 4 heteroatoms. The third-order valence-corrected chi connectivity index (χ3v) is 4.60. The minimum atomic E-state index is -2.44. The lowest BCUT2D eigenvalue weighted by Gasteiger charge is -2.33. The molecule has 0 heterocycles. The predicted octanol–water partition coefficient (Wildman–Crippen LogP) is 4.04. The Morgan fingerprint density at radius 2 is 1.86 bits per heavy atom. The Labute approximate surface area is 125 Å². The number of halogens is 2. The first-order valence-electron chi connectivity index (χ1n) is 7.72. The fourth-order valence-corrected chi connectivity index (χ4v) is 3.19. The van der Waals surface area contributed by atoms with Gasteiger partial charge in [0.1, 0.15) is 5.75 Å². The highest BCUT2D eigenvalue weighted by molar-refractivity contribution is 5.27. The molecule has 1 aromatic rings. The highest BCUT2D eigenvalue weighted by atomic mass is 19.3. The molecule has 1 atom stereocenters. The molecule has 0 saturated heterocycles. The first-order valence-corrected chi connectivity index (χ1v) is 7.72. The maximum atomic E-state index is 13.2. The quantitative estimate of drug-likeness (QED) is 0.855. The van der Waals surface area contributed by atoms with Crippen molar-refractivity contribution < 1.29 is 13.5 Å². The lowest BCUT2D eigenvalue weighted by molar-refractivity contribution is -0.0495. The Morgan fingerprint density at radius 3 is 2.38 bits per heavy atom. The average molecular weight is 297 g/mol. The van der Waals surface area contributed by atoms with Crippen LogP contribution in [0.2, 0.25) is 0 Å². The van der Waals surface area contributed by atoms with Crippen molar-refractivity contribution in [1.29, 1.82) is 0 Å². The number of rotatable bonds is 6. The normalized spacial score (nSPS) is 20.2. The van der Waals surface area contributed by atoms with E-state index in [0.29, 0.717) is 24.8 Å². The Bertz CT molecular complexity index is 423. The van der Waals surface area contributed by atoms with Crippen molar-refractivity contribution in [1.82, 2.24) is 5.32 Å². The zero-order valence-corrected chi connectivity index (χ0v) is 12.9. The van der Waals surface area contributed by atoms with Crippen molar-refractivity contribution in [3.05, 3.63) is 29.8 Å². The van der Waals surface area contributed by atoms with Crippen LogP contribution in [-0.4, -0.2) is 26.1 Å². The molecule has 1 saturated carbocycles. The minimum Gasteiger partial charge on any atom is -0.497 e. The molecule has 1 aliphatic rings. The second-order valence-electron chi connectivity index (χ2n) is 5.98. The van der Waals surface area contributed by atoms with E-state index in [1.807, 2.05) is 19.2 Å². The number of alkyl halides is 2. The zero-order valence-electron chi connectivity index (χ0n) is 12.9. The van der Waals surface area contributed by atoms with E-state index in [9.17, 15) is 8.78 Å². The Balaban J connectivity index is 1.84. The van der Waals surface area contributed by atoms with E-state index in [4.69, 9.17) is 4.74 Å². The third-order valence-electron chi connectivity index (χ3n) is 4.60. The molecule has 21 heavy (non-hydrogen) atoms. The van der Waals surface area contributed by atoms with E-state index >= 15 is 0 Å². The van der Waals surface area contributed by atoms with Gasteiger partial charge in [-0.1, -0.05) is 12.1 Å². The minimum absolute atomic E-state index is 0.0401. The number of ether oxygens (including phenoxy) is 1. The molecule has 1 fully saturated rings. The average Bonchev–Trinajstić information content (AvgIpc) is 2.49. The smallest absolute Gasteiger partial charge is 0.248 e. The van der Waals surface area contributed by atoms with E-state index in [-0.39, 0.29) is 12.8 Å². The molecule has 0 aromatic heterocycles. The van der Waals surface area contributed by atoms with Gasteiger partial charge in [-0.25, -0.2) is 8.78 Å². The summed E-state index contributed by atoms with van der Waals surface area (Å²) >= 11 is 0. The zero-order chi connectivity index (χ0) is 15.3. The molecule has 0 spiro atoms. The van der Waals surface area contributed by atoms with E-state index in [1.165, 1.54) is 5.56 Å². The molecule has 2 nitrogen and oxygen atoms in total. The monoisotopic (exact) mass is 297 g/mol. The van der Waals surface area contributed by atoms with Crippen LogP contribution in [0.1, 0.15) is 37.7 Å². The summed E-state index contributed by atoms with van der Waals surface area (Å²) in [5, 5.41) is 3.32. The third kappa shape index (κ3) is 4.67. The number of hydrogen-bond donors (Lipinski definition) is 1. The lowest BCUT2D eigenvalue weighted by Crippen LogP contribution is -2.38. The van der Waals surface area contributed by atoms with E-state index < -0.39 is 5.92 Å². The summed E-state index contributed by atoms with van der Waals surface area (Å²) < 4.78 is 31.6. The molecule has 2 rings (SSSR count). The molecule has 1 N–H and O–H groups in total. The van der Waals surface area contributed by atoms with Gasteiger partial charge in [-0.2, -0.15) is 0 Å². The molecule has 0 radical (unpaired) electrons. The van der Waals surface area contributed by atoms with Crippen LogP contribution < -0.4 is 10.1 Å². The first-order chi connectivity index (χ1) is 10.0. The maximum Gasteiger partial charge on any atom is 0.248 e. The molecular formula is C17H25F2NO. The van der Waals surface area contributed by atoms with Gasteiger partial charge in [0.05, 0.1) is 7.11 Å². The van der Waals surface area contributed by atoms with Gasteiger partial charge in [0.15, 0.2) is 0 Å². The second-order valence-corrected chi connectivity index (χ2v) is 5.98. The fourth-order valence-electron chi connectivity index (χ4n) is 3.19. The SMILES string of the molecule is CNC(CCc1ccc(OC)cc1)C1CCC(F)(F)CC1. The first kappa shape index (κ1) is 16.2. The van der Waals surface area contributed by atoms with E-state index in [1.54, 1.807) is 7.11 Å². The van der Waals surface area contributed by atoms with Gasteiger partial charge in [-0.15, -0.1) is 0 Å². The molecule has 1 unspecified atom stereocenters. The van der Waals surface area contributed by atoms with Gasteiger partial charge in [-0.05, 0) is 56.3 Å². The van der Waals surface area contributed by atoms with Crippen molar-refractivity contribution in [2.24, 2.45) is 5.92 Å². The van der Waals surface area contributed by atoms with Crippen LogP contribution in [0.15, 0.2) is 24.3 Å². The van der Waals surface area contributed by atoms with Crippen molar-refractivity contribution in [2.75, 3.05) is 14.2 Å². The molecule has 0 amide bonds. The standard InChI is InChI=1S/C17H25F2NO/c1-20-16(14-9-11-17(18,19)12-10-14)8-5-13-3-6-15(21-2)7-4-13/h3-4,6-7,14,16,20H,5,8-12H2,1-2H3. The van der Waals surface area contributed by atoms with Crippen molar-refractivity contribution in [3.63, 3.8) is 0 Å². The highest BCUT2D eigenvalue weighted by Gasteiger charge is 2.37. The van der Waals surface area contributed by atoms with Crippen LogP contribution >= 0.6 is 0 Å². The molecule has 1 aromatic carbocycles. The summed E-state index contributed by atoms with van der Waals surface area (Å²) in [5.41, 5.74) is 1.26. The predicted molar refractivity (Wildman–Crippen MR) is 81.1 cm³/mol. The van der Waals surface area contributed by atoms with Crippen molar-refractivity contribution >= 4 is 0 Å². The van der Waals surface area contributed by atoms with Crippen LogP contribution in [0, 0.1) is 5.92 Å². The van der Waals surface area contributed by atoms with Crippen LogP contribution in [-0.2, 0) is 6.42 Å². The Hall–Kier alpha value is -1.16. The van der Waals surface area contributed by atoms with Crippen LogP contribution in [0.4, 0.5) is 8.78 Å². The number of hydrogen-bond acceptors (Lipinski definition) is 2. The molecule has 118 valence electrons. The van der Waals surface area contributed by atoms with E-state index in [2.05, 4.69) is 17.4 Å². The number of benzene rings is 1. The number of aryl methyl sites for hydroxylation is 1. The van der Waals surface area contributed by atoms with Gasteiger partial charge >= 0.3 is 0 Å². The van der Waals surface area contributed by atoms with Gasteiger partial charge in [0, 0.05) is 18.9 Å².